The Bertz CT molecular complexity index is 434. The van der Waals surface area contributed by atoms with Gasteiger partial charge in [0.25, 0.3) is 0 Å². The highest BCUT2D eigenvalue weighted by Gasteiger charge is 2.38. The van der Waals surface area contributed by atoms with Gasteiger partial charge in [-0.3, -0.25) is 0 Å². The molecule has 1 saturated carbocycles. The fourth-order valence-corrected chi connectivity index (χ4v) is 3.94. The van der Waals surface area contributed by atoms with Crippen LogP contribution in [0.2, 0.25) is 5.02 Å². The predicted molar refractivity (Wildman–Crippen MR) is 87.9 cm³/mol. The van der Waals surface area contributed by atoms with E-state index in [2.05, 4.69) is 17.4 Å². The van der Waals surface area contributed by atoms with Crippen molar-refractivity contribution in [3.8, 4) is 0 Å². The third-order valence-corrected chi connectivity index (χ3v) is 5.27. The van der Waals surface area contributed by atoms with Gasteiger partial charge in [-0.15, -0.1) is 0 Å². The summed E-state index contributed by atoms with van der Waals surface area (Å²) in [5, 5.41) is 4.56. The lowest BCUT2D eigenvalue weighted by atomic mass is 9.78. The molecule has 1 aromatic carbocycles. The first kappa shape index (κ1) is 15.3. The third kappa shape index (κ3) is 4.21. The van der Waals surface area contributed by atoms with Crippen LogP contribution in [0.15, 0.2) is 24.3 Å². The molecule has 1 spiro atoms. The van der Waals surface area contributed by atoms with Gasteiger partial charge in [0.05, 0.1) is 5.60 Å². The quantitative estimate of drug-likeness (QED) is 0.892. The molecule has 1 aliphatic carbocycles. The van der Waals surface area contributed by atoms with E-state index in [0.717, 1.165) is 31.0 Å². The molecule has 1 N–H and O–H groups in total. The minimum atomic E-state index is 0.203. The molecule has 21 heavy (non-hydrogen) atoms. The van der Waals surface area contributed by atoms with Crippen molar-refractivity contribution < 1.29 is 4.74 Å². The average Bonchev–Trinajstić information content (AvgIpc) is 2.50. The predicted octanol–water partition coefficient (Wildman–Crippen LogP) is 4.35. The van der Waals surface area contributed by atoms with Gasteiger partial charge < -0.3 is 10.1 Å². The van der Waals surface area contributed by atoms with Crippen molar-refractivity contribution in [2.75, 3.05) is 13.2 Å². The van der Waals surface area contributed by atoms with Crippen LogP contribution in [0.5, 0.6) is 0 Å². The minimum absolute atomic E-state index is 0.203. The highest BCUT2D eigenvalue weighted by atomic mass is 35.5. The first-order valence-corrected chi connectivity index (χ1v) is 8.75. The van der Waals surface area contributed by atoms with E-state index in [4.69, 9.17) is 16.3 Å². The topological polar surface area (TPSA) is 21.3 Å². The van der Waals surface area contributed by atoms with Crippen molar-refractivity contribution in [1.29, 1.82) is 0 Å². The van der Waals surface area contributed by atoms with Gasteiger partial charge in [0.15, 0.2) is 0 Å². The highest BCUT2D eigenvalue weighted by Crippen LogP contribution is 2.38. The maximum Gasteiger partial charge on any atom is 0.0697 e. The summed E-state index contributed by atoms with van der Waals surface area (Å²) in [4.78, 5) is 0. The summed E-state index contributed by atoms with van der Waals surface area (Å²) in [6.07, 6.45) is 10.0. The van der Waals surface area contributed by atoms with Crippen LogP contribution in [-0.4, -0.2) is 24.8 Å². The molecule has 1 aliphatic heterocycles. The van der Waals surface area contributed by atoms with Gasteiger partial charge in [-0.05, 0) is 56.3 Å². The molecule has 3 rings (SSSR count). The van der Waals surface area contributed by atoms with E-state index in [1.54, 1.807) is 0 Å². The van der Waals surface area contributed by atoms with Crippen molar-refractivity contribution in [1.82, 2.24) is 5.32 Å². The molecule has 0 amide bonds. The lowest BCUT2D eigenvalue weighted by molar-refractivity contribution is -0.109. The van der Waals surface area contributed by atoms with E-state index in [1.165, 1.54) is 44.1 Å². The molecule has 1 aromatic rings. The fraction of sp³-hybridized carbons (Fsp3) is 0.667. The molecular formula is C18H26ClNO. The number of hydrogen-bond acceptors (Lipinski definition) is 2. The van der Waals surface area contributed by atoms with Crippen LogP contribution in [0.1, 0.15) is 50.5 Å². The van der Waals surface area contributed by atoms with Crippen LogP contribution in [0.3, 0.4) is 0 Å². The van der Waals surface area contributed by atoms with E-state index in [1.807, 2.05) is 12.1 Å². The number of benzene rings is 1. The monoisotopic (exact) mass is 307 g/mol. The highest BCUT2D eigenvalue weighted by molar-refractivity contribution is 6.30. The molecule has 116 valence electrons. The zero-order chi connectivity index (χ0) is 14.5. The molecule has 2 fully saturated rings. The Hall–Kier alpha value is -0.570. The Morgan fingerprint density at radius 3 is 2.67 bits per heavy atom. The Morgan fingerprint density at radius 2 is 1.90 bits per heavy atom. The van der Waals surface area contributed by atoms with E-state index in [0.29, 0.717) is 6.04 Å². The van der Waals surface area contributed by atoms with Gasteiger partial charge in [0.2, 0.25) is 0 Å². The van der Waals surface area contributed by atoms with Crippen LogP contribution in [0.4, 0.5) is 0 Å². The molecule has 1 unspecified atom stereocenters. The third-order valence-electron chi connectivity index (χ3n) is 5.02. The van der Waals surface area contributed by atoms with Gasteiger partial charge in [0.1, 0.15) is 0 Å². The van der Waals surface area contributed by atoms with Gasteiger partial charge in [0, 0.05) is 17.7 Å². The van der Waals surface area contributed by atoms with Crippen LogP contribution >= 0.6 is 11.6 Å². The molecule has 0 bridgehead atoms. The lowest BCUT2D eigenvalue weighted by Gasteiger charge is -2.43. The van der Waals surface area contributed by atoms with Crippen LogP contribution in [-0.2, 0) is 11.2 Å². The zero-order valence-corrected chi connectivity index (χ0v) is 13.5. The summed E-state index contributed by atoms with van der Waals surface area (Å²) in [6, 6.07) is 8.82. The normalized spacial score (nSPS) is 25.1. The second-order valence-electron chi connectivity index (χ2n) is 6.61. The number of rotatable bonds is 4. The lowest BCUT2D eigenvalue weighted by Crippen LogP contribution is -2.48. The summed E-state index contributed by atoms with van der Waals surface area (Å²) in [6.45, 7) is 1.97. The Morgan fingerprint density at radius 1 is 1.14 bits per heavy atom. The van der Waals surface area contributed by atoms with Crippen molar-refractivity contribution >= 4 is 11.6 Å². The largest absolute Gasteiger partial charge is 0.375 e. The van der Waals surface area contributed by atoms with Gasteiger partial charge >= 0.3 is 0 Å². The Balaban J connectivity index is 1.45. The van der Waals surface area contributed by atoms with E-state index < -0.39 is 0 Å². The molecule has 3 heteroatoms. The molecular weight excluding hydrogens is 282 g/mol. The zero-order valence-electron chi connectivity index (χ0n) is 12.7. The standard InChI is InChI=1S/C18H26ClNO/c19-16-6-4-15(5-7-16)8-12-20-17-9-13-21-18(14-17)10-2-1-3-11-18/h4-7,17,20H,1-3,8-14H2. The first-order chi connectivity index (χ1) is 10.3. The van der Waals surface area contributed by atoms with Gasteiger partial charge in [-0.2, -0.15) is 0 Å². The van der Waals surface area contributed by atoms with E-state index >= 15 is 0 Å². The molecule has 1 saturated heterocycles. The first-order valence-electron chi connectivity index (χ1n) is 8.38. The van der Waals surface area contributed by atoms with Crippen molar-refractivity contribution in [2.45, 2.75) is 63.0 Å². The number of ether oxygens (including phenoxy) is 1. The van der Waals surface area contributed by atoms with Crippen LogP contribution in [0.25, 0.3) is 0 Å². The Labute approximate surface area is 133 Å². The second kappa shape index (κ2) is 7.13. The van der Waals surface area contributed by atoms with Crippen molar-refractivity contribution in [3.05, 3.63) is 34.9 Å². The summed E-state index contributed by atoms with van der Waals surface area (Å²) in [7, 11) is 0. The number of nitrogens with one attached hydrogen (secondary N) is 1. The number of halogens is 1. The van der Waals surface area contributed by atoms with Crippen LogP contribution < -0.4 is 5.32 Å². The summed E-state index contributed by atoms with van der Waals surface area (Å²) >= 11 is 5.92. The Kier molecular flexibility index (Phi) is 5.20. The van der Waals surface area contributed by atoms with E-state index in [9.17, 15) is 0 Å². The van der Waals surface area contributed by atoms with Gasteiger partial charge in [-0.25, -0.2) is 0 Å². The average molecular weight is 308 g/mol. The van der Waals surface area contributed by atoms with Gasteiger partial charge in [-0.1, -0.05) is 43.0 Å². The SMILES string of the molecule is Clc1ccc(CCNC2CCOC3(CCCCC3)C2)cc1. The molecule has 0 radical (unpaired) electrons. The summed E-state index contributed by atoms with van der Waals surface area (Å²) in [5.74, 6) is 0. The van der Waals surface area contributed by atoms with Crippen molar-refractivity contribution in [3.63, 3.8) is 0 Å². The van der Waals surface area contributed by atoms with E-state index in [-0.39, 0.29) is 5.60 Å². The summed E-state index contributed by atoms with van der Waals surface area (Å²) in [5.41, 5.74) is 1.56. The maximum atomic E-state index is 6.16. The summed E-state index contributed by atoms with van der Waals surface area (Å²) < 4.78 is 6.16. The smallest absolute Gasteiger partial charge is 0.0697 e. The fourth-order valence-electron chi connectivity index (χ4n) is 3.82. The maximum absolute atomic E-state index is 6.16. The molecule has 1 atom stereocenters. The number of hydrogen-bond donors (Lipinski definition) is 1. The molecule has 2 nitrogen and oxygen atoms in total. The minimum Gasteiger partial charge on any atom is -0.375 e. The molecule has 1 heterocycles. The van der Waals surface area contributed by atoms with Crippen molar-refractivity contribution in [2.24, 2.45) is 0 Å². The van der Waals surface area contributed by atoms with Crippen LogP contribution in [0, 0.1) is 0 Å². The molecule has 2 aliphatic rings. The second-order valence-corrected chi connectivity index (χ2v) is 7.05. The molecule has 0 aromatic heterocycles.